The molecule has 0 fully saturated rings. The maximum atomic E-state index is 12.0. The predicted molar refractivity (Wildman–Crippen MR) is 76.5 cm³/mol. The van der Waals surface area contributed by atoms with Gasteiger partial charge in [0.1, 0.15) is 0 Å². The number of para-hydroxylation sites is 1. The summed E-state index contributed by atoms with van der Waals surface area (Å²) < 4.78 is 0.615. The number of carbonyl (C=O) groups is 1. The summed E-state index contributed by atoms with van der Waals surface area (Å²) >= 11 is 7.09. The Morgan fingerprint density at radius 3 is 2.72 bits per heavy atom. The highest BCUT2D eigenvalue weighted by Crippen LogP contribution is 2.23. The van der Waals surface area contributed by atoms with Crippen LogP contribution in [0.4, 0.5) is 5.69 Å². The van der Waals surface area contributed by atoms with Crippen LogP contribution in [0, 0.1) is 0 Å². The predicted octanol–water partition coefficient (Wildman–Crippen LogP) is 3.37. The van der Waals surface area contributed by atoms with Crippen molar-refractivity contribution < 1.29 is 4.79 Å². The first-order valence-electron chi connectivity index (χ1n) is 5.50. The molecule has 0 spiro atoms. The molecule has 0 saturated carbocycles. The lowest BCUT2D eigenvalue weighted by Crippen LogP contribution is -2.14. The van der Waals surface area contributed by atoms with Gasteiger partial charge in [-0.25, -0.2) is 0 Å². The maximum absolute atomic E-state index is 12.0. The van der Waals surface area contributed by atoms with Crippen molar-refractivity contribution in [2.45, 2.75) is 6.54 Å². The van der Waals surface area contributed by atoms with Gasteiger partial charge in [-0.1, -0.05) is 29.8 Å². The first kappa shape index (κ1) is 13.1. The van der Waals surface area contributed by atoms with Gasteiger partial charge >= 0.3 is 0 Å². The fraction of sp³-hybridized carbons (Fsp3) is 0.154. The van der Waals surface area contributed by atoms with E-state index in [0.717, 1.165) is 11.3 Å². The molecule has 0 saturated heterocycles. The smallest absolute Gasteiger partial charge is 0.265 e. The summed E-state index contributed by atoms with van der Waals surface area (Å²) in [6.45, 7) is 0.710. The van der Waals surface area contributed by atoms with Crippen molar-refractivity contribution in [1.29, 1.82) is 0 Å². The molecular formula is C13H13ClN2OS. The largest absolute Gasteiger partial charge is 0.321 e. The average molecular weight is 281 g/mol. The fourth-order valence-corrected chi connectivity index (χ4v) is 2.55. The standard InChI is InChI=1S/C13H13ClN2OS/c1-15-8-9-4-2-3-5-10(9)16-13(17)11-6-7-12(14)18-11/h2-7,15H,8H2,1H3,(H,16,17). The van der Waals surface area contributed by atoms with Crippen LogP contribution in [0.5, 0.6) is 0 Å². The van der Waals surface area contributed by atoms with Gasteiger partial charge in [-0.05, 0) is 30.8 Å². The van der Waals surface area contributed by atoms with Crippen molar-refractivity contribution in [3.05, 3.63) is 51.2 Å². The monoisotopic (exact) mass is 280 g/mol. The molecule has 0 aliphatic heterocycles. The minimum Gasteiger partial charge on any atom is -0.321 e. The van der Waals surface area contributed by atoms with Crippen molar-refractivity contribution in [3.8, 4) is 0 Å². The quantitative estimate of drug-likeness (QED) is 0.901. The number of benzene rings is 1. The Bertz CT molecular complexity index is 553. The van der Waals surface area contributed by atoms with E-state index < -0.39 is 0 Å². The van der Waals surface area contributed by atoms with Crippen molar-refractivity contribution >= 4 is 34.5 Å². The maximum Gasteiger partial charge on any atom is 0.265 e. The number of anilines is 1. The highest BCUT2D eigenvalue weighted by molar-refractivity contribution is 7.18. The number of amides is 1. The van der Waals surface area contributed by atoms with Crippen molar-refractivity contribution in [1.82, 2.24) is 5.32 Å². The number of thiophene rings is 1. The third-order valence-corrected chi connectivity index (χ3v) is 3.66. The van der Waals surface area contributed by atoms with Crippen LogP contribution in [-0.4, -0.2) is 13.0 Å². The molecule has 94 valence electrons. The number of rotatable bonds is 4. The molecule has 1 aromatic heterocycles. The van der Waals surface area contributed by atoms with Gasteiger partial charge in [0.2, 0.25) is 0 Å². The number of hydrogen-bond donors (Lipinski definition) is 2. The molecular weight excluding hydrogens is 268 g/mol. The highest BCUT2D eigenvalue weighted by atomic mass is 35.5. The zero-order valence-electron chi connectivity index (χ0n) is 9.87. The number of nitrogens with one attached hydrogen (secondary N) is 2. The third kappa shape index (κ3) is 3.10. The molecule has 1 heterocycles. The van der Waals surface area contributed by atoms with E-state index in [9.17, 15) is 4.79 Å². The van der Waals surface area contributed by atoms with Crippen LogP contribution >= 0.6 is 22.9 Å². The molecule has 0 aliphatic carbocycles. The normalized spacial score (nSPS) is 10.3. The average Bonchev–Trinajstić information content (AvgIpc) is 2.79. The van der Waals surface area contributed by atoms with Gasteiger partial charge in [0.25, 0.3) is 5.91 Å². The fourth-order valence-electron chi connectivity index (χ4n) is 1.61. The third-order valence-electron chi connectivity index (χ3n) is 2.43. The molecule has 2 aromatic rings. The Morgan fingerprint density at radius 1 is 1.28 bits per heavy atom. The van der Waals surface area contributed by atoms with Gasteiger partial charge in [0.15, 0.2) is 0 Å². The first-order valence-corrected chi connectivity index (χ1v) is 6.69. The zero-order valence-corrected chi connectivity index (χ0v) is 11.4. The molecule has 1 amide bonds. The van der Waals surface area contributed by atoms with E-state index in [2.05, 4.69) is 10.6 Å². The second kappa shape index (κ2) is 6.00. The SMILES string of the molecule is CNCc1ccccc1NC(=O)c1ccc(Cl)s1. The first-order chi connectivity index (χ1) is 8.70. The number of carbonyl (C=O) groups excluding carboxylic acids is 1. The van der Waals surface area contributed by atoms with Gasteiger partial charge in [-0.15, -0.1) is 11.3 Å². The van der Waals surface area contributed by atoms with Crippen LogP contribution in [-0.2, 0) is 6.54 Å². The summed E-state index contributed by atoms with van der Waals surface area (Å²) in [4.78, 5) is 12.6. The van der Waals surface area contributed by atoms with E-state index in [0.29, 0.717) is 15.8 Å². The molecule has 0 aliphatic rings. The Morgan fingerprint density at radius 2 is 2.06 bits per heavy atom. The molecule has 3 nitrogen and oxygen atoms in total. The molecule has 18 heavy (non-hydrogen) atoms. The van der Waals surface area contributed by atoms with Crippen molar-refractivity contribution in [2.24, 2.45) is 0 Å². The number of hydrogen-bond acceptors (Lipinski definition) is 3. The van der Waals surface area contributed by atoms with Crippen LogP contribution in [0.15, 0.2) is 36.4 Å². The lowest BCUT2D eigenvalue weighted by atomic mass is 10.1. The van der Waals surface area contributed by atoms with Gasteiger partial charge in [0, 0.05) is 12.2 Å². The highest BCUT2D eigenvalue weighted by Gasteiger charge is 2.10. The van der Waals surface area contributed by atoms with Gasteiger partial charge in [-0.2, -0.15) is 0 Å². The number of halogens is 1. The molecule has 0 atom stereocenters. The molecule has 0 unspecified atom stereocenters. The van der Waals surface area contributed by atoms with E-state index in [1.54, 1.807) is 12.1 Å². The van der Waals surface area contributed by atoms with Gasteiger partial charge in [0.05, 0.1) is 9.21 Å². The Balaban J connectivity index is 2.16. The summed E-state index contributed by atoms with van der Waals surface area (Å²) in [6.07, 6.45) is 0. The zero-order chi connectivity index (χ0) is 13.0. The van der Waals surface area contributed by atoms with Crippen molar-refractivity contribution in [3.63, 3.8) is 0 Å². The van der Waals surface area contributed by atoms with Gasteiger partial charge in [-0.3, -0.25) is 4.79 Å². The second-order valence-electron chi connectivity index (χ2n) is 3.75. The summed E-state index contributed by atoms with van der Waals surface area (Å²) in [7, 11) is 1.87. The minimum atomic E-state index is -0.129. The molecule has 1 aromatic carbocycles. The summed E-state index contributed by atoms with van der Waals surface area (Å²) in [5, 5.41) is 5.97. The lowest BCUT2D eigenvalue weighted by Gasteiger charge is -2.09. The van der Waals surface area contributed by atoms with Crippen LogP contribution < -0.4 is 10.6 Å². The molecule has 2 N–H and O–H groups in total. The summed E-state index contributed by atoms with van der Waals surface area (Å²) in [5.41, 5.74) is 1.87. The molecule has 0 bridgehead atoms. The van der Waals surface area contributed by atoms with E-state index in [1.165, 1.54) is 11.3 Å². The Kier molecular flexibility index (Phi) is 4.36. The topological polar surface area (TPSA) is 41.1 Å². The summed E-state index contributed by atoms with van der Waals surface area (Å²) in [5.74, 6) is -0.129. The Labute approximate surface area is 115 Å². The minimum absolute atomic E-state index is 0.129. The van der Waals surface area contributed by atoms with Gasteiger partial charge < -0.3 is 10.6 Å². The van der Waals surface area contributed by atoms with Crippen LogP contribution in [0.3, 0.4) is 0 Å². The molecule has 5 heteroatoms. The van der Waals surface area contributed by atoms with Crippen LogP contribution in [0.25, 0.3) is 0 Å². The molecule has 0 radical (unpaired) electrons. The van der Waals surface area contributed by atoms with Crippen LogP contribution in [0.1, 0.15) is 15.2 Å². The Hall–Kier alpha value is -1.36. The molecule has 2 rings (SSSR count). The van der Waals surface area contributed by atoms with E-state index >= 15 is 0 Å². The van der Waals surface area contributed by atoms with Crippen molar-refractivity contribution in [2.75, 3.05) is 12.4 Å². The summed E-state index contributed by atoms with van der Waals surface area (Å²) in [6, 6.07) is 11.2. The van der Waals surface area contributed by atoms with E-state index in [1.807, 2.05) is 31.3 Å². The lowest BCUT2D eigenvalue weighted by molar-refractivity contribution is 0.103. The second-order valence-corrected chi connectivity index (χ2v) is 5.46. The van der Waals surface area contributed by atoms with Crippen LogP contribution in [0.2, 0.25) is 4.34 Å². The van der Waals surface area contributed by atoms with E-state index in [-0.39, 0.29) is 5.91 Å². The van der Waals surface area contributed by atoms with E-state index in [4.69, 9.17) is 11.6 Å².